The van der Waals surface area contributed by atoms with Gasteiger partial charge in [-0.1, -0.05) is 6.92 Å². The smallest absolute Gasteiger partial charge is 0.232 e. The standard InChI is InChI=1S/C10H15NO2/c1-2-5-11-9(12)7-3-4-8(6-7)10(11)13/h7-8H,2-6H2,1H3. The van der Waals surface area contributed by atoms with Gasteiger partial charge in [-0.3, -0.25) is 14.5 Å². The van der Waals surface area contributed by atoms with Crippen molar-refractivity contribution in [1.82, 2.24) is 4.90 Å². The Kier molecular flexibility index (Phi) is 2.10. The summed E-state index contributed by atoms with van der Waals surface area (Å²) in [5.41, 5.74) is 0. The first kappa shape index (κ1) is 8.73. The average molecular weight is 181 g/mol. The molecule has 1 aliphatic heterocycles. The van der Waals surface area contributed by atoms with Gasteiger partial charge in [0.2, 0.25) is 11.8 Å². The first-order chi connectivity index (χ1) is 6.24. The summed E-state index contributed by atoms with van der Waals surface area (Å²) in [6, 6.07) is 0. The molecular weight excluding hydrogens is 166 g/mol. The minimum Gasteiger partial charge on any atom is -0.282 e. The lowest BCUT2D eigenvalue weighted by atomic mass is 9.97. The van der Waals surface area contributed by atoms with Gasteiger partial charge in [0.1, 0.15) is 0 Å². The van der Waals surface area contributed by atoms with Crippen LogP contribution in [0.25, 0.3) is 0 Å². The zero-order valence-electron chi connectivity index (χ0n) is 7.95. The zero-order valence-corrected chi connectivity index (χ0v) is 7.95. The minimum atomic E-state index is 0.0839. The highest BCUT2D eigenvalue weighted by Gasteiger charge is 2.44. The average Bonchev–Trinajstić information content (AvgIpc) is 2.56. The first-order valence-electron chi connectivity index (χ1n) is 5.09. The fraction of sp³-hybridized carbons (Fsp3) is 0.800. The van der Waals surface area contributed by atoms with E-state index in [2.05, 4.69) is 0 Å². The molecule has 0 radical (unpaired) electrons. The highest BCUT2D eigenvalue weighted by Crippen LogP contribution is 2.37. The molecule has 2 unspecified atom stereocenters. The SMILES string of the molecule is CCCN1C(=O)C2CCC(C2)C1=O. The maximum Gasteiger partial charge on any atom is 0.232 e. The molecule has 0 aromatic heterocycles. The number of hydrogen-bond donors (Lipinski definition) is 0. The molecule has 2 aliphatic rings. The molecule has 1 saturated heterocycles. The van der Waals surface area contributed by atoms with Crippen molar-refractivity contribution in [3.8, 4) is 0 Å². The monoisotopic (exact) mass is 181 g/mol. The Balaban J connectivity index is 2.17. The third kappa shape index (κ3) is 1.26. The summed E-state index contributed by atoms with van der Waals surface area (Å²) in [4.78, 5) is 24.9. The Hall–Kier alpha value is -0.860. The van der Waals surface area contributed by atoms with E-state index in [-0.39, 0.29) is 23.7 Å². The molecule has 1 heterocycles. The summed E-state index contributed by atoms with van der Waals surface area (Å²) in [5.74, 6) is 0.490. The molecule has 72 valence electrons. The second kappa shape index (κ2) is 3.13. The lowest BCUT2D eigenvalue weighted by Crippen LogP contribution is -2.46. The van der Waals surface area contributed by atoms with Crippen LogP contribution in [0.15, 0.2) is 0 Å². The molecule has 2 fully saturated rings. The number of imide groups is 1. The van der Waals surface area contributed by atoms with Gasteiger partial charge in [0.05, 0.1) is 0 Å². The van der Waals surface area contributed by atoms with E-state index in [0.29, 0.717) is 6.54 Å². The maximum atomic E-state index is 11.7. The number of amides is 2. The predicted octanol–water partition coefficient (Wildman–Crippen LogP) is 1.18. The third-order valence-electron chi connectivity index (χ3n) is 3.11. The first-order valence-corrected chi connectivity index (χ1v) is 5.09. The number of fused-ring (bicyclic) bond motifs is 2. The van der Waals surface area contributed by atoms with E-state index in [1.165, 1.54) is 4.90 Å². The predicted molar refractivity (Wildman–Crippen MR) is 47.8 cm³/mol. The van der Waals surface area contributed by atoms with E-state index in [0.717, 1.165) is 25.7 Å². The summed E-state index contributed by atoms with van der Waals surface area (Å²) < 4.78 is 0. The molecule has 2 atom stereocenters. The number of carbonyl (C=O) groups excluding carboxylic acids is 2. The number of hydrogen-bond acceptors (Lipinski definition) is 2. The summed E-state index contributed by atoms with van der Waals surface area (Å²) in [5, 5.41) is 0. The normalized spacial score (nSPS) is 32.8. The minimum absolute atomic E-state index is 0.0839. The second-order valence-electron chi connectivity index (χ2n) is 4.04. The van der Waals surface area contributed by atoms with Gasteiger partial charge in [-0.2, -0.15) is 0 Å². The lowest BCUT2D eigenvalue weighted by molar-refractivity contribution is -0.152. The molecule has 2 rings (SSSR count). The largest absolute Gasteiger partial charge is 0.282 e. The van der Waals surface area contributed by atoms with Crippen molar-refractivity contribution in [2.45, 2.75) is 32.6 Å². The molecule has 2 amide bonds. The molecule has 1 saturated carbocycles. The van der Waals surface area contributed by atoms with Crippen LogP contribution < -0.4 is 0 Å². The Labute approximate surface area is 78.1 Å². The summed E-state index contributed by atoms with van der Waals surface area (Å²) in [7, 11) is 0. The van der Waals surface area contributed by atoms with Crippen LogP contribution in [0.3, 0.4) is 0 Å². The van der Waals surface area contributed by atoms with Crippen molar-refractivity contribution in [2.75, 3.05) is 6.54 Å². The van der Waals surface area contributed by atoms with Gasteiger partial charge in [0.15, 0.2) is 0 Å². The molecule has 0 aromatic carbocycles. The number of rotatable bonds is 2. The van der Waals surface area contributed by atoms with Crippen LogP contribution in [0.5, 0.6) is 0 Å². The quantitative estimate of drug-likeness (QED) is 0.600. The van der Waals surface area contributed by atoms with E-state index < -0.39 is 0 Å². The van der Waals surface area contributed by atoms with E-state index in [9.17, 15) is 9.59 Å². The van der Waals surface area contributed by atoms with Gasteiger partial charge < -0.3 is 0 Å². The maximum absolute atomic E-state index is 11.7. The van der Waals surface area contributed by atoms with E-state index in [4.69, 9.17) is 0 Å². The Morgan fingerprint density at radius 2 is 1.77 bits per heavy atom. The van der Waals surface area contributed by atoms with Gasteiger partial charge in [-0.15, -0.1) is 0 Å². The fourth-order valence-corrected chi connectivity index (χ4v) is 2.42. The molecule has 3 nitrogen and oxygen atoms in total. The van der Waals surface area contributed by atoms with Gasteiger partial charge >= 0.3 is 0 Å². The van der Waals surface area contributed by atoms with Crippen LogP contribution in [-0.2, 0) is 9.59 Å². The number of nitrogens with zero attached hydrogens (tertiary/aromatic N) is 1. The highest BCUT2D eigenvalue weighted by atomic mass is 16.2. The Morgan fingerprint density at radius 3 is 2.23 bits per heavy atom. The molecule has 0 N–H and O–H groups in total. The number of likely N-dealkylation sites (tertiary alicyclic amines) is 1. The van der Waals surface area contributed by atoms with Crippen molar-refractivity contribution < 1.29 is 9.59 Å². The highest BCUT2D eigenvalue weighted by molar-refractivity contribution is 6.00. The van der Waals surface area contributed by atoms with Crippen molar-refractivity contribution >= 4 is 11.8 Å². The van der Waals surface area contributed by atoms with Crippen molar-refractivity contribution in [3.63, 3.8) is 0 Å². The number of carbonyl (C=O) groups is 2. The topological polar surface area (TPSA) is 37.4 Å². The van der Waals surface area contributed by atoms with Gasteiger partial charge in [0.25, 0.3) is 0 Å². The van der Waals surface area contributed by atoms with Crippen molar-refractivity contribution in [3.05, 3.63) is 0 Å². The van der Waals surface area contributed by atoms with Gasteiger partial charge in [0, 0.05) is 18.4 Å². The van der Waals surface area contributed by atoms with Crippen LogP contribution >= 0.6 is 0 Å². The van der Waals surface area contributed by atoms with E-state index >= 15 is 0 Å². The molecule has 2 bridgehead atoms. The van der Waals surface area contributed by atoms with Crippen LogP contribution in [0, 0.1) is 11.8 Å². The molecule has 1 aliphatic carbocycles. The lowest BCUT2D eigenvalue weighted by Gasteiger charge is -2.29. The van der Waals surface area contributed by atoms with Crippen molar-refractivity contribution in [2.24, 2.45) is 11.8 Å². The van der Waals surface area contributed by atoms with Gasteiger partial charge in [-0.05, 0) is 25.7 Å². The van der Waals surface area contributed by atoms with Crippen LogP contribution in [-0.4, -0.2) is 23.3 Å². The fourth-order valence-electron chi connectivity index (χ4n) is 2.42. The third-order valence-corrected chi connectivity index (χ3v) is 3.11. The van der Waals surface area contributed by atoms with Crippen LogP contribution in [0.1, 0.15) is 32.6 Å². The van der Waals surface area contributed by atoms with Gasteiger partial charge in [-0.25, -0.2) is 0 Å². The van der Waals surface area contributed by atoms with Crippen LogP contribution in [0.2, 0.25) is 0 Å². The van der Waals surface area contributed by atoms with E-state index in [1.807, 2.05) is 6.92 Å². The Morgan fingerprint density at radius 1 is 1.23 bits per heavy atom. The summed E-state index contributed by atoms with van der Waals surface area (Å²) in [6.45, 7) is 2.61. The Bertz CT molecular complexity index is 227. The molecule has 3 heteroatoms. The number of piperidine rings is 1. The summed E-state index contributed by atoms with van der Waals surface area (Å²) in [6.07, 6.45) is 3.54. The van der Waals surface area contributed by atoms with E-state index in [1.54, 1.807) is 0 Å². The summed E-state index contributed by atoms with van der Waals surface area (Å²) >= 11 is 0. The van der Waals surface area contributed by atoms with Crippen LogP contribution in [0.4, 0.5) is 0 Å². The molecule has 0 aromatic rings. The zero-order chi connectivity index (χ0) is 9.42. The van der Waals surface area contributed by atoms with Crippen molar-refractivity contribution in [1.29, 1.82) is 0 Å². The second-order valence-corrected chi connectivity index (χ2v) is 4.04. The molecular formula is C10H15NO2. The molecule has 13 heavy (non-hydrogen) atoms. The molecule has 0 spiro atoms.